The highest BCUT2D eigenvalue weighted by Crippen LogP contribution is 2.27. The number of carboxylic acid groups (broad SMARTS) is 1. The molecule has 0 fully saturated rings. The van der Waals surface area contributed by atoms with Gasteiger partial charge in [0.15, 0.2) is 0 Å². The molecule has 0 saturated heterocycles. The van der Waals surface area contributed by atoms with Gasteiger partial charge in [0.05, 0.1) is 17.2 Å². The van der Waals surface area contributed by atoms with Gasteiger partial charge in [0, 0.05) is 0 Å². The molecule has 0 radical (unpaired) electrons. The molecule has 0 saturated carbocycles. The molecule has 4 heteroatoms. The number of rotatable bonds is 3. The third kappa shape index (κ3) is 2.37. The van der Waals surface area contributed by atoms with Crippen molar-refractivity contribution in [3.05, 3.63) is 58.6 Å². The molecule has 2 aromatic rings. The van der Waals surface area contributed by atoms with Crippen molar-refractivity contribution in [1.82, 2.24) is 0 Å². The first-order valence-electron chi connectivity index (χ1n) is 5.35. The number of aliphatic hydroxyl groups excluding tert-OH is 1. The van der Waals surface area contributed by atoms with Crippen molar-refractivity contribution >= 4 is 17.6 Å². The Kier molecular flexibility index (Phi) is 3.65. The average molecular weight is 263 g/mol. The third-order valence-corrected chi connectivity index (χ3v) is 3.03. The van der Waals surface area contributed by atoms with Gasteiger partial charge >= 0.3 is 5.97 Å². The molecule has 0 spiro atoms. The summed E-state index contributed by atoms with van der Waals surface area (Å²) in [4.78, 5) is 11.0. The molecule has 92 valence electrons. The van der Waals surface area contributed by atoms with Crippen molar-refractivity contribution in [2.75, 3.05) is 0 Å². The van der Waals surface area contributed by atoms with Crippen molar-refractivity contribution in [2.45, 2.75) is 6.61 Å². The number of benzene rings is 2. The fourth-order valence-electron chi connectivity index (χ4n) is 1.80. The average Bonchev–Trinajstić information content (AvgIpc) is 2.39. The summed E-state index contributed by atoms with van der Waals surface area (Å²) in [7, 11) is 0. The predicted molar refractivity (Wildman–Crippen MR) is 69.8 cm³/mol. The van der Waals surface area contributed by atoms with E-state index in [9.17, 15) is 9.90 Å². The number of aliphatic hydroxyl groups is 1. The molecule has 0 aliphatic rings. The summed E-state index contributed by atoms with van der Waals surface area (Å²) < 4.78 is 0. The second-order valence-electron chi connectivity index (χ2n) is 3.82. The highest BCUT2D eigenvalue weighted by Gasteiger charge is 2.11. The van der Waals surface area contributed by atoms with Crippen LogP contribution in [0.15, 0.2) is 42.5 Å². The summed E-state index contributed by atoms with van der Waals surface area (Å²) in [6.07, 6.45) is 0. The van der Waals surface area contributed by atoms with Gasteiger partial charge in [0.2, 0.25) is 0 Å². The molecular weight excluding hydrogens is 252 g/mol. The zero-order valence-corrected chi connectivity index (χ0v) is 10.2. The van der Waals surface area contributed by atoms with Crippen molar-refractivity contribution in [2.24, 2.45) is 0 Å². The third-order valence-electron chi connectivity index (χ3n) is 2.70. The Labute approximate surface area is 109 Å². The fraction of sp³-hybridized carbons (Fsp3) is 0.0714. The summed E-state index contributed by atoms with van der Waals surface area (Å²) in [6.45, 7) is -0.0960. The molecule has 0 atom stereocenters. The summed E-state index contributed by atoms with van der Waals surface area (Å²) in [6, 6.07) is 12.1. The molecule has 0 unspecified atom stereocenters. The van der Waals surface area contributed by atoms with Gasteiger partial charge in [-0.1, -0.05) is 41.9 Å². The van der Waals surface area contributed by atoms with E-state index in [2.05, 4.69) is 0 Å². The van der Waals surface area contributed by atoms with E-state index in [0.717, 1.165) is 16.7 Å². The van der Waals surface area contributed by atoms with Gasteiger partial charge in [-0.3, -0.25) is 0 Å². The van der Waals surface area contributed by atoms with Crippen LogP contribution < -0.4 is 0 Å². The SMILES string of the molecule is O=C(O)c1cc(-c2ccccc2CO)ccc1Cl. The molecule has 0 amide bonds. The Morgan fingerprint density at radius 2 is 1.89 bits per heavy atom. The quantitative estimate of drug-likeness (QED) is 0.893. The molecule has 0 heterocycles. The summed E-state index contributed by atoms with van der Waals surface area (Å²) >= 11 is 5.82. The Bertz CT molecular complexity index is 593. The number of aromatic carboxylic acids is 1. The van der Waals surface area contributed by atoms with Gasteiger partial charge in [-0.15, -0.1) is 0 Å². The van der Waals surface area contributed by atoms with E-state index in [4.69, 9.17) is 16.7 Å². The maximum atomic E-state index is 11.0. The number of carbonyl (C=O) groups is 1. The van der Waals surface area contributed by atoms with Crippen molar-refractivity contribution in [3.8, 4) is 11.1 Å². The normalized spacial score (nSPS) is 10.3. The van der Waals surface area contributed by atoms with Gasteiger partial charge < -0.3 is 10.2 Å². The molecule has 0 aromatic heterocycles. The second kappa shape index (κ2) is 5.21. The standard InChI is InChI=1S/C14H11ClO3/c15-13-6-5-9(7-12(13)14(17)18)11-4-2-1-3-10(11)8-16/h1-7,16H,8H2,(H,17,18). The van der Waals surface area contributed by atoms with Crippen molar-refractivity contribution in [3.63, 3.8) is 0 Å². The largest absolute Gasteiger partial charge is 0.478 e. The van der Waals surface area contributed by atoms with E-state index >= 15 is 0 Å². The van der Waals surface area contributed by atoms with Crippen LogP contribution in [0.3, 0.4) is 0 Å². The maximum Gasteiger partial charge on any atom is 0.337 e. The highest BCUT2D eigenvalue weighted by atomic mass is 35.5. The molecular formula is C14H11ClO3. The molecule has 0 aliphatic heterocycles. The van der Waals surface area contributed by atoms with Crippen molar-refractivity contribution in [1.29, 1.82) is 0 Å². The van der Waals surface area contributed by atoms with E-state index < -0.39 is 5.97 Å². The molecule has 2 rings (SSSR count). The van der Waals surface area contributed by atoms with E-state index in [1.807, 2.05) is 18.2 Å². The molecule has 3 nitrogen and oxygen atoms in total. The van der Waals surface area contributed by atoms with E-state index in [0.29, 0.717) is 0 Å². The Morgan fingerprint density at radius 3 is 2.56 bits per heavy atom. The fourth-order valence-corrected chi connectivity index (χ4v) is 1.99. The minimum absolute atomic E-state index is 0.0573. The number of halogens is 1. The maximum absolute atomic E-state index is 11.0. The van der Waals surface area contributed by atoms with Gasteiger partial charge in [0.1, 0.15) is 0 Å². The first-order valence-corrected chi connectivity index (χ1v) is 5.73. The molecule has 2 aromatic carbocycles. The summed E-state index contributed by atoms with van der Waals surface area (Å²) in [5.41, 5.74) is 2.33. The molecule has 0 aliphatic carbocycles. The lowest BCUT2D eigenvalue weighted by Gasteiger charge is -2.09. The van der Waals surface area contributed by atoms with Crippen LogP contribution in [-0.2, 0) is 6.61 Å². The Hall–Kier alpha value is -1.84. The van der Waals surface area contributed by atoms with E-state index in [1.165, 1.54) is 6.07 Å². The Balaban J connectivity index is 2.58. The summed E-state index contributed by atoms with van der Waals surface area (Å²) in [5.74, 6) is -1.07. The number of carboxylic acids is 1. The minimum atomic E-state index is -1.07. The first kappa shape index (κ1) is 12.6. The van der Waals surface area contributed by atoms with Crippen LogP contribution in [0, 0.1) is 0 Å². The smallest absolute Gasteiger partial charge is 0.337 e. The number of hydrogen-bond donors (Lipinski definition) is 2. The van der Waals surface area contributed by atoms with E-state index in [1.54, 1.807) is 18.2 Å². The highest BCUT2D eigenvalue weighted by molar-refractivity contribution is 6.33. The topological polar surface area (TPSA) is 57.5 Å². The zero-order valence-electron chi connectivity index (χ0n) is 9.43. The van der Waals surface area contributed by atoms with Gasteiger partial charge in [-0.2, -0.15) is 0 Å². The van der Waals surface area contributed by atoms with E-state index in [-0.39, 0.29) is 17.2 Å². The van der Waals surface area contributed by atoms with Crippen LogP contribution in [0.1, 0.15) is 15.9 Å². The monoisotopic (exact) mass is 262 g/mol. The summed E-state index contributed by atoms with van der Waals surface area (Å²) in [5, 5.41) is 18.5. The van der Waals surface area contributed by atoms with Gasteiger partial charge in [-0.05, 0) is 28.8 Å². The predicted octanol–water partition coefficient (Wildman–Crippen LogP) is 3.20. The van der Waals surface area contributed by atoms with Crippen LogP contribution >= 0.6 is 11.6 Å². The van der Waals surface area contributed by atoms with Gasteiger partial charge in [0.25, 0.3) is 0 Å². The second-order valence-corrected chi connectivity index (χ2v) is 4.22. The number of hydrogen-bond acceptors (Lipinski definition) is 2. The lowest BCUT2D eigenvalue weighted by molar-refractivity contribution is 0.0697. The van der Waals surface area contributed by atoms with Crippen LogP contribution in [0.25, 0.3) is 11.1 Å². The molecule has 0 bridgehead atoms. The van der Waals surface area contributed by atoms with Crippen molar-refractivity contribution < 1.29 is 15.0 Å². The Morgan fingerprint density at radius 1 is 1.17 bits per heavy atom. The zero-order chi connectivity index (χ0) is 13.1. The van der Waals surface area contributed by atoms with Crippen LogP contribution in [0.4, 0.5) is 0 Å². The lowest BCUT2D eigenvalue weighted by Crippen LogP contribution is -1.98. The first-order chi connectivity index (χ1) is 8.63. The minimum Gasteiger partial charge on any atom is -0.478 e. The lowest BCUT2D eigenvalue weighted by atomic mass is 9.98. The molecule has 2 N–H and O–H groups in total. The van der Waals surface area contributed by atoms with Crippen LogP contribution in [0.5, 0.6) is 0 Å². The van der Waals surface area contributed by atoms with Gasteiger partial charge in [-0.25, -0.2) is 4.79 Å². The van der Waals surface area contributed by atoms with Crippen LogP contribution in [-0.4, -0.2) is 16.2 Å². The molecule has 18 heavy (non-hydrogen) atoms. The van der Waals surface area contributed by atoms with Crippen LogP contribution in [0.2, 0.25) is 5.02 Å².